The summed E-state index contributed by atoms with van der Waals surface area (Å²) in [5.74, 6) is -0.734. The third-order valence-corrected chi connectivity index (χ3v) is 4.32. The molecule has 18 heavy (non-hydrogen) atoms. The number of rotatable bonds is 2. The fraction of sp³-hybridized carbons (Fsp3) is 0.429. The summed E-state index contributed by atoms with van der Waals surface area (Å²) >= 11 is 0. The summed E-state index contributed by atoms with van der Waals surface area (Å²) in [4.78, 5) is 15.9. The van der Waals surface area contributed by atoms with Gasteiger partial charge in [0, 0.05) is 7.05 Å². The largest absolute Gasteiger partial charge is 0.481 e. The van der Waals surface area contributed by atoms with Crippen molar-refractivity contribution in [1.82, 2.24) is 9.55 Å². The van der Waals surface area contributed by atoms with Gasteiger partial charge in [0.25, 0.3) is 0 Å². The average Bonchev–Trinajstić information content (AvgIpc) is 2.72. The highest BCUT2D eigenvalue weighted by atomic mass is 16.4. The molecule has 1 saturated carbocycles. The highest BCUT2D eigenvalue weighted by molar-refractivity contribution is 5.89. The number of hydrogen-bond acceptors (Lipinski definition) is 2. The van der Waals surface area contributed by atoms with Crippen molar-refractivity contribution in [2.45, 2.75) is 25.7 Å². The van der Waals surface area contributed by atoms with Crippen LogP contribution in [0.4, 0.5) is 0 Å². The van der Waals surface area contributed by atoms with E-state index >= 15 is 0 Å². The maximum atomic E-state index is 11.6. The van der Waals surface area contributed by atoms with Crippen molar-refractivity contribution < 1.29 is 9.90 Å². The van der Waals surface area contributed by atoms with E-state index in [1.807, 2.05) is 43.7 Å². The minimum Gasteiger partial charge on any atom is -0.481 e. The predicted octanol–water partition coefficient (Wildman–Crippen LogP) is 2.33. The van der Waals surface area contributed by atoms with Gasteiger partial charge in [0.05, 0.1) is 22.8 Å². The van der Waals surface area contributed by atoms with E-state index in [2.05, 4.69) is 4.98 Å². The zero-order valence-corrected chi connectivity index (χ0v) is 10.8. The van der Waals surface area contributed by atoms with Gasteiger partial charge in [0.15, 0.2) is 0 Å². The van der Waals surface area contributed by atoms with Gasteiger partial charge in [-0.15, -0.1) is 0 Å². The molecule has 0 radical (unpaired) electrons. The average molecular weight is 244 g/mol. The first kappa shape index (κ1) is 11.3. The second kappa shape index (κ2) is 3.13. The molecular formula is C14H16N2O2. The lowest BCUT2D eigenvalue weighted by atomic mass is 9.88. The summed E-state index contributed by atoms with van der Waals surface area (Å²) in [6.07, 6.45) is 2.44. The van der Waals surface area contributed by atoms with Gasteiger partial charge in [0.1, 0.15) is 0 Å². The third kappa shape index (κ3) is 1.20. The molecule has 1 atom stereocenters. The molecule has 94 valence electrons. The summed E-state index contributed by atoms with van der Waals surface area (Å²) in [7, 11) is 1.93. The lowest BCUT2D eigenvalue weighted by molar-refractivity contribution is -0.141. The second-order valence-corrected chi connectivity index (χ2v) is 5.83. The molecule has 0 aliphatic heterocycles. The first-order chi connectivity index (χ1) is 8.38. The van der Waals surface area contributed by atoms with Gasteiger partial charge >= 0.3 is 5.97 Å². The van der Waals surface area contributed by atoms with E-state index in [9.17, 15) is 9.90 Å². The van der Waals surface area contributed by atoms with Crippen LogP contribution >= 0.6 is 0 Å². The number of carboxylic acid groups (broad SMARTS) is 1. The van der Waals surface area contributed by atoms with E-state index < -0.39 is 11.4 Å². The number of carboxylic acids is 1. The number of nitrogens with zero attached hydrogens (tertiary/aromatic N) is 2. The molecule has 0 bridgehead atoms. The molecule has 1 aliphatic carbocycles. The fourth-order valence-corrected chi connectivity index (χ4v) is 3.00. The van der Waals surface area contributed by atoms with Crippen LogP contribution in [-0.2, 0) is 17.3 Å². The molecule has 0 spiro atoms. The smallest absolute Gasteiger partial charge is 0.314 e. The number of aryl methyl sites for hydroxylation is 1. The molecule has 1 aromatic heterocycles. The third-order valence-electron chi connectivity index (χ3n) is 4.32. The van der Waals surface area contributed by atoms with Gasteiger partial charge in [-0.05, 0) is 29.5 Å². The Hall–Kier alpha value is -1.84. The Kier molecular flexibility index (Phi) is 1.96. The second-order valence-electron chi connectivity index (χ2n) is 5.83. The van der Waals surface area contributed by atoms with Gasteiger partial charge in [-0.3, -0.25) is 4.79 Å². The predicted molar refractivity (Wildman–Crippen MR) is 68.4 cm³/mol. The van der Waals surface area contributed by atoms with E-state index in [0.717, 1.165) is 16.6 Å². The number of fused-ring (bicyclic) bond motifs is 1. The molecule has 1 fully saturated rings. The Morgan fingerprint density at radius 3 is 2.67 bits per heavy atom. The fourth-order valence-electron chi connectivity index (χ4n) is 3.00. The summed E-state index contributed by atoms with van der Waals surface area (Å²) in [5.41, 5.74) is 1.84. The van der Waals surface area contributed by atoms with Crippen molar-refractivity contribution in [2.24, 2.45) is 12.5 Å². The first-order valence-corrected chi connectivity index (χ1v) is 6.03. The Morgan fingerprint density at radius 2 is 2.11 bits per heavy atom. The van der Waals surface area contributed by atoms with E-state index in [1.165, 1.54) is 0 Å². The van der Waals surface area contributed by atoms with E-state index in [-0.39, 0.29) is 5.41 Å². The molecule has 1 aliphatic rings. The lowest BCUT2D eigenvalue weighted by Gasteiger charge is -2.16. The molecule has 1 unspecified atom stereocenters. The molecule has 4 heteroatoms. The number of aromatic nitrogens is 2. The molecule has 4 nitrogen and oxygen atoms in total. The number of benzene rings is 1. The van der Waals surface area contributed by atoms with Crippen LogP contribution in [0, 0.1) is 5.41 Å². The number of hydrogen-bond donors (Lipinski definition) is 1. The molecule has 0 saturated heterocycles. The Morgan fingerprint density at radius 1 is 1.44 bits per heavy atom. The van der Waals surface area contributed by atoms with Crippen molar-refractivity contribution in [1.29, 1.82) is 0 Å². The summed E-state index contributed by atoms with van der Waals surface area (Å²) in [5, 5.41) is 9.54. The van der Waals surface area contributed by atoms with Crippen LogP contribution in [0.3, 0.4) is 0 Å². The van der Waals surface area contributed by atoms with Crippen LogP contribution in [0.1, 0.15) is 25.8 Å². The van der Waals surface area contributed by atoms with Crippen LogP contribution < -0.4 is 0 Å². The van der Waals surface area contributed by atoms with Crippen LogP contribution in [0.5, 0.6) is 0 Å². The van der Waals surface area contributed by atoms with Crippen molar-refractivity contribution in [3.05, 3.63) is 30.1 Å². The first-order valence-electron chi connectivity index (χ1n) is 6.03. The summed E-state index contributed by atoms with van der Waals surface area (Å²) < 4.78 is 1.94. The Labute approximate surface area is 105 Å². The van der Waals surface area contributed by atoms with Gasteiger partial charge in [-0.2, -0.15) is 0 Å². The van der Waals surface area contributed by atoms with Crippen LogP contribution in [0.15, 0.2) is 24.5 Å². The monoisotopic (exact) mass is 244 g/mol. The molecular weight excluding hydrogens is 228 g/mol. The number of aliphatic carboxylic acids is 1. The standard InChI is InChI=1S/C14H16N2O2/c1-13(2)7-14(13,12(17)18)9-4-5-11-10(6-9)15-8-16(11)3/h4-6,8H,7H2,1-3H3,(H,17,18). The van der Waals surface area contributed by atoms with E-state index in [4.69, 9.17) is 0 Å². The zero-order chi connectivity index (χ0) is 13.1. The van der Waals surface area contributed by atoms with E-state index in [1.54, 1.807) is 6.33 Å². The highest BCUT2D eigenvalue weighted by Gasteiger charge is 2.67. The maximum Gasteiger partial charge on any atom is 0.314 e. The molecule has 1 aromatic carbocycles. The van der Waals surface area contributed by atoms with Crippen molar-refractivity contribution in [3.8, 4) is 0 Å². The van der Waals surface area contributed by atoms with E-state index in [0.29, 0.717) is 6.42 Å². The lowest BCUT2D eigenvalue weighted by Crippen LogP contribution is -2.25. The topological polar surface area (TPSA) is 55.1 Å². The minimum atomic E-state index is -0.737. The van der Waals surface area contributed by atoms with Gasteiger partial charge in [-0.25, -0.2) is 4.98 Å². The van der Waals surface area contributed by atoms with Crippen LogP contribution in [0.25, 0.3) is 11.0 Å². The minimum absolute atomic E-state index is 0.179. The molecule has 0 amide bonds. The SMILES string of the molecule is Cn1cnc2cc(C3(C(=O)O)CC3(C)C)ccc21. The van der Waals surface area contributed by atoms with Gasteiger partial charge in [-0.1, -0.05) is 19.9 Å². The van der Waals surface area contributed by atoms with Crippen LogP contribution in [-0.4, -0.2) is 20.6 Å². The van der Waals surface area contributed by atoms with Crippen molar-refractivity contribution >= 4 is 17.0 Å². The highest BCUT2D eigenvalue weighted by Crippen LogP contribution is 2.64. The quantitative estimate of drug-likeness (QED) is 0.882. The Balaban J connectivity index is 2.18. The number of carbonyl (C=O) groups is 1. The normalized spacial score (nSPS) is 25.3. The van der Waals surface area contributed by atoms with Gasteiger partial charge in [0.2, 0.25) is 0 Å². The molecule has 3 rings (SSSR count). The summed E-state index contributed by atoms with van der Waals surface area (Å²) in [6, 6.07) is 5.79. The van der Waals surface area contributed by atoms with Crippen LogP contribution in [0.2, 0.25) is 0 Å². The summed E-state index contributed by atoms with van der Waals surface area (Å²) in [6.45, 7) is 4.01. The molecule has 2 aromatic rings. The van der Waals surface area contributed by atoms with Gasteiger partial charge < -0.3 is 9.67 Å². The number of imidazole rings is 1. The zero-order valence-electron chi connectivity index (χ0n) is 10.8. The van der Waals surface area contributed by atoms with Crippen molar-refractivity contribution in [2.75, 3.05) is 0 Å². The maximum absolute atomic E-state index is 11.6. The Bertz CT molecular complexity index is 657. The van der Waals surface area contributed by atoms with Crippen molar-refractivity contribution in [3.63, 3.8) is 0 Å². The molecule has 1 heterocycles. The molecule has 1 N–H and O–H groups in total.